The van der Waals surface area contributed by atoms with Gasteiger partial charge in [-0.2, -0.15) is 0 Å². The van der Waals surface area contributed by atoms with Gasteiger partial charge in [0.1, 0.15) is 5.78 Å². The van der Waals surface area contributed by atoms with E-state index in [0.29, 0.717) is 5.92 Å². The van der Waals surface area contributed by atoms with E-state index in [1.807, 2.05) is 0 Å². The lowest BCUT2D eigenvalue weighted by atomic mass is 10.1. The molecule has 3 N–H and O–H groups in total. The van der Waals surface area contributed by atoms with Crippen LogP contribution in [0, 0.1) is 5.92 Å². The number of carbonyl (C=O) groups excluding carboxylic acids is 1. The molecule has 0 radical (unpaired) electrons. The minimum atomic E-state index is -0.250. The summed E-state index contributed by atoms with van der Waals surface area (Å²) in [6.45, 7) is 8.04. The summed E-state index contributed by atoms with van der Waals surface area (Å²) in [6.07, 6.45) is 2.96. The molecule has 0 aliphatic heterocycles. The van der Waals surface area contributed by atoms with Crippen molar-refractivity contribution < 1.29 is 4.79 Å². The maximum atomic E-state index is 10.8. The summed E-state index contributed by atoms with van der Waals surface area (Å²) in [5.41, 5.74) is 5.61. The number of Topliss-reactive ketones (excluding diaryl/α,β-unsaturated/α-hetero) is 1. The van der Waals surface area contributed by atoms with Gasteiger partial charge < -0.3 is 11.1 Å². The molecule has 0 spiro atoms. The van der Waals surface area contributed by atoms with Gasteiger partial charge in [-0.25, -0.2) is 0 Å². The smallest absolute Gasteiger partial charge is 0.146 e. The second-order valence-electron chi connectivity index (χ2n) is 4.31. The van der Waals surface area contributed by atoms with Crippen LogP contribution < -0.4 is 11.1 Å². The first-order valence-electron chi connectivity index (χ1n) is 5.50. The number of rotatable bonds is 8. The first-order valence-corrected chi connectivity index (χ1v) is 5.50. The second-order valence-corrected chi connectivity index (χ2v) is 4.31. The molecule has 0 aromatic carbocycles. The normalized spacial score (nSPS) is 13.2. The Bertz CT molecular complexity index is 157. The molecule has 0 saturated heterocycles. The monoisotopic (exact) mass is 200 g/mol. The Morgan fingerprint density at radius 2 is 2.00 bits per heavy atom. The van der Waals surface area contributed by atoms with Crippen molar-refractivity contribution in [1.29, 1.82) is 0 Å². The quantitative estimate of drug-likeness (QED) is 0.581. The Labute approximate surface area is 87.4 Å². The lowest BCUT2D eigenvalue weighted by Gasteiger charge is -2.09. The van der Waals surface area contributed by atoms with E-state index in [2.05, 4.69) is 19.2 Å². The van der Waals surface area contributed by atoms with Crippen molar-refractivity contribution in [2.45, 2.75) is 46.1 Å². The van der Waals surface area contributed by atoms with E-state index in [4.69, 9.17) is 5.73 Å². The molecule has 0 saturated carbocycles. The van der Waals surface area contributed by atoms with Crippen LogP contribution in [0.15, 0.2) is 0 Å². The van der Waals surface area contributed by atoms with E-state index in [9.17, 15) is 4.79 Å². The van der Waals surface area contributed by atoms with Gasteiger partial charge in [0.25, 0.3) is 0 Å². The van der Waals surface area contributed by atoms with E-state index >= 15 is 0 Å². The average molecular weight is 200 g/mol. The predicted octanol–water partition coefficient (Wildman–Crippen LogP) is 1.32. The lowest BCUT2D eigenvalue weighted by molar-refractivity contribution is -0.118. The zero-order valence-electron chi connectivity index (χ0n) is 9.68. The molecular weight excluding hydrogens is 176 g/mol. The van der Waals surface area contributed by atoms with Crippen molar-refractivity contribution in [2.24, 2.45) is 11.7 Å². The van der Waals surface area contributed by atoms with Gasteiger partial charge in [0.2, 0.25) is 0 Å². The van der Waals surface area contributed by atoms with Crippen LogP contribution in [0.5, 0.6) is 0 Å². The molecule has 0 rings (SSSR count). The van der Waals surface area contributed by atoms with Crippen molar-refractivity contribution in [3.8, 4) is 0 Å². The standard InChI is InChI=1S/C11H24N2O/c1-9(2)8-13-7-5-4-6-11(12)10(3)14/h9,11,13H,4-8,12H2,1-3H3/t11-/m0/s1. The summed E-state index contributed by atoms with van der Waals surface area (Å²) in [7, 11) is 0. The average Bonchev–Trinajstić information content (AvgIpc) is 2.09. The van der Waals surface area contributed by atoms with Gasteiger partial charge >= 0.3 is 0 Å². The Morgan fingerprint density at radius 1 is 1.36 bits per heavy atom. The predicted molar refractivity (Wildman–Crippen MR) is 60.2 cm³/mol. The Morgan fingerprint density at radius 3 is 2.50 bits per heavy atom. The molecule has 0 aliphatic rings. The van der Waals surface area contributed by atoms with Crippen LogP contribution in [0.3, 0.4) is 0 Å². The molecule has 0 bridgehead atoms. The van der Waals surface area contributed by atoms with Crippen molar-refractivity contribution in [3.05, 3.63) is 0 Å². The Kier molecular flexibility index (Phi) is 7.71. The number of hydrogen-bond donors (Lipinski definition) is 2. The van der Waals surface area contributed by atoms with Gasteiger partial charge in [-0.3, -0.25) is 4.79 Å². The van der Waals surface area contributed by atoms with Gasteiger partial charge in [0.05, 0.1) is 6.04 Å². The molecule has 0 aliphatic carbocycles. The minimum Gasteiger partial charge on any atom is -0.322 e. The summed E-state index contributed by atoms with van der Waals surface area (Å²) >= 11 is 0. The van der Waals surface area contributed by atoms with E-state index in [1.165, 1.54) is 0 Å². The topological polar surface area (TPSA) is 55.1 Å². The third-order valence-electron chi connectivity index (χ3n) is 2.19. The number of ketones is 1. The molecule has 1 atom stereocenters. The molecule has 0 heterocycles. The first-order chi connectivity index (χ1) is 6.54. The van der Waals surface area contributed by atoms with Crippen LogP contribution in [0.2, 0.25) is 0 Å². The highest BCUT2D eigenvalue weighted by Gasteiger charge is 2.06. The molecular formula is C11H24N2O. The second kappa shape index (κ2) is 7.94. The maximum Gasteiger partial charge on any atom is 0.146 e. The number of unbranched alkanes of at least 4 members (excludes halogenated alkanes) is 1. The minimum absolute atomic E-state index is 0.0974. The highest BCUT2D eigenvalue weighted by molar-refractivity contribution is 5.80. The fourth-order valence-corrected chi connectivity index (χ4v) is 1.21. The summed E-state index contributed by atoms with van der Waals surface area (Å²) in [5.74, 6) is 0.801. The van der Waals surface area contributed by atoms with E-state index < -0.39 is 0 Å². The zero-order chi connectivity index (χ0) is 11.0. The van der Waals surface area contributed by atoms with E-state index in [1.54, 1.807) is 6.92 Å². The maximum absolute atomic E-state index is 10.8. The van der Waals surface area contributed by atoms with Crippen LogP contribution in [0.1, 0.15) is 40.0 Å². The number of hydrogen-bond acceptors (Lipinski definition) is 3. The molecule has 14 heavy (non-hydrogen) atoms. The van der Waals surface area contributed by atoms with Gasteiger partial charge in [0, 0.05) is 0 Å². The van der Waals surface area contributed by atoms with Crippen molar-refractivity contribution >= 4 is 5.78 Å². The molecule has 3 heteroatoms. The van der Waals surface area contributed by atoms with Crippen molar-refractivity contribution in [1.82, 2.24) is 5.32 Å². The third-order valence-corrected chi connectivity index (χ3v) is 2.19. The van der Waals surface area contributed by atoms with Crippen molar-refractivity contribution in [3.63, 3.8) is 0 Å². The molecule has 0 aromatic heterocycles. The zero-order valence-corrected chi connectivity index (χ0v) is 9.68. The van der Waals surface area contributed by atoms with E-state index in [-0.39, 0.29) is 11.8 Å². The van der Waals surface area contributed by atoms with Gasteiger partial charge in [-0.15, -0.1) is 0 Å². The van der Waals surface area contributed by atoms with Crippen molar-refractivity contribution in [2.75, 3.05) is 13.1 Å². The summed E-state index contributed by atoms with van der Waals surface area (Å²) in [5, 5.41) is 3.36. The molecule has 0 amide bonds. The summed E-state index contributed by atoms with van der Waals surface area (Å²) < 4.78 is 0. The highest BCUT2D eigenvalue weighted by atomic mass is 16.1. The molecule has 0 fully saturated rings. The number of nitrogens with two attached hydrogens (primary N) is 1. The van der Waals surface area contributed by atoms with Crippen LogP contribution in [0.4, 0.5) is 0 Å². The third kappa shape index (κ3) is 8.20. The van der Waals surface area contributed by atoms with Gasteiger partial charge in [-0.05, 0) is 38.8 Å². The SMILES string of the molecule is CC(=O)[C@@H](N)CCCCNCC(C)C. The molecule has 3 nitrogen and oxygen atoms in total. The largest absolute Gasteiger partial charge is 0.322 e. The molecule has 0 aromatic rings. The summed E-state index contributed by atoms with van der Waals surface area (Å²) in [4.78, 5) is 10.8. The van der Waals surface area contributed by atoms with E-state index in [0.717, 1.165) is 32.4 Å². The first kappa shape index (κ1) is 13.6. The molecule has 84 valence electrons. The molecule has 0 unspecified atom stereocenters. The van der Waals surface area contributed by atoms with Crippen LogP contribution in [-0.4, -0.2) is 24.9 Å². The van der Waals surface area contributed by atoms with Gasteiger partial charge in [0.15, 0.2) is 0 Å². The fourth-order valence-electron chi connectivity index (χ4n) is 1.21. The summed E-state index contributed by atoms with van der Waals surface area (Å²) in [6, 6.07) is -0.250. The highest BCUT2D eigenvalue weighted by Crippen LogP contribution is 1.99. The Balaban J connectivity index is 3.17. The van der Waals surface area contributed by atoms with Gasteiger partial charge in [-0.1, -0.05) is 20.3 Å². The number of carbonyl (C=O) groups is 1. The van der Waals surface area contributed by atoms with Crippen LogP contribution in [0.25, 0.3) is 0 Å². The van der Waals surface area contributed by atoms with Crippen LogP contribution in [-0.2, 0) is 4.79 Å². The Hall–Kier alpha value is -0.410. The lowest BCUT2D eigenvalue weighted by Crippen LogP contribution is -2.28. The van der Waals surface area contributed by atoms with Crippen LogP contribution >= 0.6 is 0 Å². The number of nitrogens with one attached hydrogen (secondary N) is 1. The fraction of sp³-hybridized carbons (Fsp3) is 0.909.